The third kappa shape index (κ3) is 3.59. The Morgan fingerprint density at radius 1 is 1.32 bits per heavy atom. The second-order valence-corrected chi connectivity index (χ2v) is 5.86. The summed E-state index contributed by atoms with van der Waals surface area (Å²) in [6.07, 6.45) is 1.43. The highest BCUT2D eigenvalue weighted by Gasteiger charge is 2.15. The number of nitro groups is 1. The Hall–Kier alpha value is -3.38. The lowest BCUT2D eigenvalue weighted by atomic mass is 10.2. The smallest absolute Gasteiger partial charge is 0.270 e. The molecule has 0 saturated carbocycles. The van der Waals surface area contributed by atoms with Gasteiger partial charge in [-0.2, -0.15) is 5.26 Å². The van der Waals surface area contributed by atoms with Crippen molar-refractivity contribution in [1.29, 1.82) is 5.26 Å². The van der Waals surface area contributed by atoms with Gasteiger partial charge in [0.05, 0.1) is 11.2 Å². The number of furan rings is 1. The zero-order chi connectivity index (χ0) is 17.8. The fraction of sp³-hybridized carbons (Fsp3) is 0.0625. The van der Waals surface area contributed by atoms with Crippen LogP contribution in [0.5, 0.6) is 0 Å². The van der Waals surface area contributed by atoms with E-state index in [1.54, 1.807) is 24.3 Å². The average Bonchev–Trinajstić information content (AvgIpc) is 3.14. The summed E-state index contributed by atoms with van der Waals surface area (Å²) in [4.78, 5) is 29.1. The number of aromatic amines is 1. The van der Waals surface area contributed by atoms with E-state index in [1.165, 1.54) is 30.2 Å². The number of rotatable bonds is 5. The summed E-state index contributed by atoms with van der Waals surface area (Å²) in [7, 11) is 0. The lowest BCUT2D eigenvalue weighted by Crippen LogP contribution is -2.14. The molecule has 124 valence electrons. The quantitative estimate of drug-likeness (QED) is 0.323. The lowest BCUT2D eigenvalue weighted by Gasteiger charge is -2.04. The Balaban J connectivity index is 1.85. The van der Waals surface area contributed by atoms with Crippen molar-refractivity contribution in [3.05, 3.63) is 74.3 Å². The van der Waals surface area contributed by atoms with E-state index in [2.05, 4.69) is 9.97 Å². The molecule has 0 atom stereocenters. The van der Waals surface area contributed by atoms with Gasteiger partial charge in [0.25, 0.3) is 11.2 Å². The topological polar surface area (TPSA) is 126 Å². The van der Waals surface area contributed by atoms with Gasteiger partial charge in [0.2, 0.25) is 0 Å². The van der Waals surface area contributed by atoms with Crippen LogP contribution in [-0.2, 0) is 5.75 Å². The number of aromatic nitrogens is 2. The Morgan fingerprint density at radius 2 is 2.08 bits per heavy atom. The van der Waals surface area contributed by atoms with E-state index in [1.807, 2.05) is 6.07 Å². The molecule has 8 nitrogen and oxygen atoms in total. The Morgan fingerprint density at radius 3 is 2.68 bits per heavy atom. The number of hydrogen-bond donors (Lipinski definition) is 1. The fourth-order valence-corrected chi connectivity index (χ4v) is 2.90. The highest BCUT2D eigenvalue weighted by atomic mass is 32.2. The molecule has 3 rings (SSSR count). The van der Waals surface area contributed by atoms with Gasteiger partial charge >= 0.3 is 0 Å². The third-order valence-electron chi connectivity index (χ3n) is 3.29. The number of benzene rings is 1. The zero-order valence-corrected chi connectivity index (χ0v) is 13.4. The standard InChI is InChI=1S/C16H10N4O4S/c17-8-12-14(13-2-1-7-24-13)18-16(19-15(12)21)25-9-10-3-5-11(6-4-10)20(22)23/h1-7H,9H2,(H,18,19,21). The number of nitro benzene ring substituents is 1. The van der Waals surface area contributed by atoms with Crippen LogP contribution >= 0.6 is 11.8 Å². The van der Waals surface area contributed by atoms with Crippen LogP contribution in [0.25, 0.3) is 11.5 Å². The fourth-order valence-electron chi connectivity index (χ4n) is 2.08. The second-order valence-electron chi connectivity index (χ2n) is 4.90. The predicted octanol–water partition coefficient (Wildman–Crippen LogP) is 3.10. The van der Waals surface area contributed by atoms with Crippen molar-refractivity contribution in [3.8, 4) is 17.5 Å². The summed E-state index contributed by atoms with van der Waals surface area (Å²) in [5.74, 6) is 0.782. The first-order valence-electron chi connectivity index (χ1n) is 7.03. The minimum absolute atomic E-state index is 0.0127. The molecule has 0 unspecified atom stereocenters. The summed E-state index contributed by atoms with van der Waals surface area (Å²) in [6.45, 7) is 0. The number of non-ortho nitro benzene ring substituents is 1. The van der Waals surface area contributed by atoms with Crippen LogP contribution in [0, 0.1) is 21.4 Å². The van der Waals surface area contributed by atoms with Crippen molar-refractivity contribution < 1.29 is 9.34 Å². The van der Waals surface area contributed by atoms with Crippen molar-refractivity contribution in [1.82, 2.24) is 9.97 Å². The van der Waals surface area contributed by atoms with Crippen molar-refractivity contribution >= 4 is 17.4 Å². The van der Waals surface area contributed by atoms with E-state index < -0.39 is 10.5 Å². The van der Waals surface area contributed by atoms with Crippen LogP contribution in [-0.4, -0.2) is 14.9 Å². The number of hydrogen-bond acceptors (Lipinski definition) is 7. The first kappa shape index (κ1) is 16.5. The maximum atomic E-state index is 12.1. The van der Waals surface area contributed by atoms with E-state index in [0.29, 0.717) is 16.7 Å². The van der Waals surface area contributed by atoms with Gasteiger partial charge in [-0.1, -0.05) is 23.9 Å². The second kappa shape index (κ2) is 7.02. The monoisotopic (exact) mass is 354 g/mol. The molecular formula is C16H10N4O4S. The van der Waals surface area contributed by atoms with Gasteiger partial charge in [0.1, 0.15) is 17.3 Å². The maximum Gasteiger partial charge on any atom is 0.270 e. The van der Waals surface area contributed by atoms with Crippen molar-refractivity contribution in [2.24, 2.45) is 0 Å². The molecule has 0 aliphatic carbocycles. The van der Waals surface area contributed by atoms with Gasteiger partial charge in [-0.05, 0) is 17.7 Å². The molecule has 0 aliphatic heterocycles. The first-order chi connectivity index (χ1) is 12.1. The van der Waals surface area contributed by atoms with Crippen molar-refractivity contribution in [3.63, 3.8) is 0 Å². The van der Waals surface area contributed by atoms with Gasteiger partial charge in [0.15, 0.2) is 10.9 Å². The Bertz CT molecular complexity index is 1000. The Kier molecular flexibility index (Phi) is 4.63. The summed E-state index contributed by atoms with van der Waals surface area (Å²) >= 11 is 1.24. The number of nitrogens with one attached hydrogen (secondary N) is 1. The molecule has 0 amide bonds. The van der Waals surface area contributed by atoms with E-state index in [9.17, 15) is 14.9 Å². The molecule has 0 spiro atoms. The molecular weight excluding hydrogens is 344 g/mol. The van der Waals surface area contributed by atoms with Crippen LogP contribution in [0.1, 0.15) is 11.1 Å². The highest BCUT2D eigenvalue weighted by molar-refractivity contribution is 7.98. The van der Waals surface area contributed by atoms with Gasteiger partial charge in [0, 0.05) is 17.9 Å². The molecule has 25 heavy (non-hydrogen) atoms. The van der Waals surface area contributed by atoms with E-state index in [4.69, 9.17) is 9.68 Å². The minimum Gasteiger partial charge on any atom is -0.463 e. The minimum atomic E-state index is -0.546. The highest BCUT2D eigenvalue weighted by Crippen LogP contribution is 2.24. The molecule has 0 aliphatic rings. The number of H-pyrrole nitrogens is 1. The van der Waals surface area contributed by atoms with Gasteiger partial charge < -0.3 is 9.40 Å². The van der Waals surface area contributed by atoms with Gasteiger partial charge in [-0.15, -0.1) is 0 Å². The van der Waals surface area contributed by atoms with Crippen LogP contribution in [0.2, 0.25) is 0 Å². The summed E-state index contributed by atoms with van der Waals surface area (Å²) in [5, 5.41) is 20.1. The molecule has 9 heteroatoms. The van der Waals surface area contributed by atoms with Crippen LogP contribution < -0.4 is 5.56 Å². The normalized spacial score (nSPS) is 10.4. The number of nitriles is 1. The lowest BCUT2D eigenvalue weighted by molar-refractivity contribution is -0.384. The molecule has 2 heterocycles. The SMILES string of the molecule is N#Cc1c(-c2ccco2)nc(SCc2ccc([N+](=O)[O-])cc2)[nH]c1=O. The molecule has 0 radical (unpaired) electrons. The van der Waals surface area contributed by atoms with Gasteiger partial charge in [-0.25, -0.2) is 4.98 Å². The molecule has 1 N–H and O–H groups in total. The Labute approximate surface area is 145 Å². The summed E-state index contributed by atoms with van der Waals surface area (Å²) < 4.78 is 5.23. The van der Waals surface area contributed by atoms with E-state index >= 15 is 0 Å². The van der Waals surface area contributed by atoms with E-state index in [0.717, 1.165) is 5.56 Å². The predicted molar refractivity (Wildman–Crippen MR) is 89.9 cm³/mol. The van der Waals surface area contributed by atoms with Crippen LogP contribution in [0.4, 0.5) is 5.69 Å². The maximum absolute atomic E-state index is 12.1. The molecule has 2 aromatic heterocycles. The zero-order valence-electron chi connectivity index (χ0n) is 12.6. The van der Waals surface area contributed by atoms with Crippen molar-refractivity contribution in [2.45, 2.75) is 10.9 Å². The van der Waals surface area contributed by atoms with Gasteiger partial charge in [-0.3, -0.25) is 14.9 Å². The molecule has 3 aromatic rings. The third-order valence-corrected chi connectivity index (χ3v) is 4.23. The molecule has 0 saturated heterocycles. The average molecular weight is 354 g/mol. The molecule has 1 aromatic carbocycles. The summed E-state index contributed by atoms with van der Waals surface area (Å²) in [5.41, 5.74) is 0.369. The number of nitrogens with zero attached hydrogens (tertiary/aromatic N) is 3. The van der Waals surface area contributed by atoms with Crippen LogP contribution in [0.15, 0.2) is 57.0 Å². The van der Waals surface area contributed by atoms with E-state index in [-0.39, 0.29) is 16.9 Å². The first-order valence-corrected chi connectivity index (χ1v) is 8.01. The number of thioether (sulfide) groups is 1. The van der Waals surface area contributed by atoms with Crippen molar-refractivity contribution in [2.75, 3.05) is 0 Å². The molecule has 0 bridgehead atoms. The largest absolute Gasteiger partial charge is 0.463 e. The summed E-state index contributed by atoms with van der Waals surface area (Å²) in [6, 6.07) is 11.2. The molecule has 0 fully saturated rings. The van der Waals surface area contributed by atoms with Crippen LogP contribution in [0.3, 0.4) is 0 Å².